The van der Waals surface area contributed by atoms with E-state index in [1.165, 1.54) is 0 Å². The average molecular weight is 412 g/mol. The second-order valence-corrected chi connectivity index (χ2v) is 6.86. The van der Waals surface area contributed by atoms with E-state index in [0.717, 1.165) is 19.3 Å². The highest BCUT2D eigenvalue weighted by atomic mass is 32.2. The van der Waals surface area contributed by atoms with Gasteiger partial charge >= 0.3 is 33.4 Å². The summed E-state index contributed by atoms with van der Waals surface area (Å²) >= 11 is 0. The lowest BCUT2D eigenvalue weighted by Gasteiger charge is -2.32. The number of hydrogen-bond acceptors (Lipinski definition) is 3. The lowest BCUT2D eigenvalue weighted by Crippen LogP contribution is -2.63. The maximum absolute atomic E-state index is 13.2. The molecule has 0 saturated heterocycles. The predicted octanol–water partition coefficient (Wildman–Crippen LogP) is 5.12. The van der Waals surface area contributed by atoms with Crippen LogP contribution in [0.25, 0.3) is 0 Å². The Morgan fingerprint density at radius 2 is 1.16 bits per heavy atom. The average Bonchev–Trinajstić information content (AvgIpc) is 2.44. The van der Waals surface area contributed by atoms with E-state index in [4.69, 9.17) is 0 Å². The van der Waals surface area contributed by atoms with Crippen LogP contribution in [0.1, 0.15) is 45.4 Å². The predicted molar refractivity (Wildman–Crippen MR) is 69.1 cm³/mol. The Kier molecular flexibility index (Phi) is 8.08. The standard InChI is InChI=1S/C12H17F9O3S/c1-2-3-4-5-6-7-8-24-25(22,23)12(20,21)10(15,16)9(13,14)11(17,18)19/h2-8H2,1H3. The van der Waals surface area contributed by atoms with Crippen LogP contribution in [0, 0.1) is 0 Å². The van der Waals surface area contributed by atoms with Crippen molar-refractivity contribution in [2.24, 2.45) is 0 Å². The Morgan fingerprint density at radius 1 is 0.720 bits per heavy atom. The first-order valence-electron chi connectivity index (χ1n) is 7.15. The van der Waals surface area contributed by atoms with Gasteiger partial charge in [0.2, 0.25) is 0 Å². The van der Waals surface area contributed by atoms with Gasteiger partial charge in [0.05, 0.1) is 6.61 Å². The van der Waals surface area contributed by atoms with Crippen LogP contribution in [0.5, 0.6) is 0 Å². The van der Waals surface area contributed by atoms with Crippen LogP contribution in [-0.2, 0) is 14.3 Å². The number of alkyl halides is 9. The Labute approximate surface area is 138 Å². The van der Waals surface area contributed by atoms with Gasteiger partial charge in [0.1, 0.15) is 0 Å². The molecule has 0 atom stereocenters. The third-order valence-electron chi connectivity index (χ3n) is 3.17. The Balaban J connectivity index is 5.04. The molecular formula is C12H17F9O3S. The number of unbranched alkanes of at least 4 members (excludes halogenated alkanes) is 5. The van der Waals surface area contributed by atoms with E-state index in [1.54, 1.807) is 0 Å². The highest BCUT2D eigenvalue weighted by molar-refractivity contribution is 7.87. The molecule has 152 valence electrons. The van der Waals surface area contributed by atoms with Crippen molar-refractivity contribution in [3.05, 3.63) is 0 Å². The summed E-state index contributed by atoms with van der Waals surface area (Å²) in [5.41, 5.74) is 0. The van der Waals surface area contributed by atoms with Gasteiger partial charge in [-0.1, -0.05) is 39.0 Å². The third kappa shape index (κ3) is 5.14. The lowest BCUT2D eigenvalue weighted by atomic mass is 10.1. The van der Waals surface area contributed by atoms with Gasteiger partial charge in [-0.3, -0.25) is 4.18 Å². The highest BCUT2D eigenvalue weighted by Gasteiger charge is 2.85. The molecule has 0 aromatic carbocycles. The van der Waals surface area contributed by atoms with Crippen LogP contribution < -0.4 is 0 Å². The monoisotopic (exact) mass is 412 g/mol. The molecular weight excluding hydrogens is 395 g/mol. The van der Waals surface area contributed by atoms with E-state index >= 15 is 0 Å². The first-order chi connectivity index (χ1) is 11.1. The van der Waals surface area contributed by atoms with E-state index in [0.29, 0.717) is 6.42 Å². The minimum Gasteiger partial charge on any atom is -0.265 e. The molecule has 0 N–H and O–H groups in total. The molecule has 0 spiro atoms. The van der Waals surface area contributed by atoms with E-state index in [2.05, 4.69) is 4.18 Å². The van der Waals surface area contributed by atoms with Crippen molar-refractivity contribution < 1.29 is 52.1 Å². The maximum atomic E-state index is 13.2. The molecule has 0 amide bonds. The van der Waals surface area contributed by atoms with Crippen LogP contribution in [0.4, 0.5) is 39.5 Å². The van der Waals surface area contributed by atoms with Crippen LogP contribution in [0.2, 0.25) is 0 Å². The SMILES string of the molecule is CCCCCCCCOS(=O)(=O)C(F)(F)C(F)(F)C(F)(F)C(F)(F)F. The summed E-state index contributed by atoms with van der Waals surface area (Å²) in [7, 11) is -6.72. The third-order valence-corrected chi connectivity index (χ3v) is 4.53. The summed E-state index contributed by atoms with van der Waals surface area (Å²) in [5, 5.41) is -6.78. The van der Waals surface area contributed by atoms with Crippen molar-refractivity contribution in [2.45, 2.75) is 68.7 Å². The molecule has 0 fully saturated rings. The van der Waals surface area contributed by atoms with Gasteiger partial charge in [-0.05, 0) is 6.42 Å². The zero-order chi connectivity index (χ0) is 20.2. The topological polar surface area (TPSA) is 43.4 Å². The maximum Gasteiger partial charge on any atom is 0.460 e. The van der Waals surface area contributed by atoms with Crippen molar-refractivity contribution in [3.8, 4) is 0 Å². The van der Waals surface area contributed by atoms with Gasteiger partial charge in [0, 0.05) is 0 Å². The molecule has 0 aliphatic heterocycles. The molecule has 0 radical (unpaired) electrons. The smallest absolute Gasteiger partial charge is 0.265 e. The molecule has 0 rings (SSSR count). The van der Waals surface area contributed by atoms with E-state index in [-0.39, 0.29) is 12.8 Å². The largest absolute Gasteiger partial charge is 0.460 e. The second kappa shape index (κ2) is 8.31. The first-order valence-corrected chi connectivity index (χ1v) is 8.56. The number of halogens is 9. The molecule has 0 bridgehead atoms. The van der Waals surface area contributed by atoms with Crippen molar-refractivity contribution in [1.82, 2.24) is 0 Å². The van der Waals surface area contributed by atoms with Crippen molar-refractivity contribution in [2.75, 3.05) is 6.61 Å². The minimum absolute atomic E-state index is 0.180. The molecule has 3 nitrogen and oxygen atoms in total. The van der Waals surface area contributed by atoms with E-state index in [1.807, 2.05) is 6.92 Å². The number of rotatable bonds is 11. The van der Waals surface area contributed by atoms with Crippen LogP contribution in [0.15, 0.2) is 0 Å². The van der Waals surface area contributed by atoms with Gasteiger partial charge in [0.15, 0.2) is 0 Å². The highest BCUT2D eigenvalue weighted by Crippen LogP contribution is 2.54. The summed E-state index contributed by atoms with van der Waals surface area (Å²) in [5.74, 6) is -14.5. The second-order valence-electron chi connectivity index (χ2n) is 5.21. The van der Waals surface area contributed by atoms with Crippen molar-refractivity contribution in [3.63, 3.8) is 0 Å². The Bertz CT molecular complexity index is 514. The van der Waals surface area contributed by atoms with Crippen LogP contribution in [-0.4, -0.2) is 38.3 Å². The summed E-state index contributed by atoms with van der Waals surface area (Å²) in [6.07, 6.45) is -3.99. The molecule has 13 heteroatoms. The van der Waals surface area contributed by atoms with Crippen molar-refractivity contribution in [1.29, 1.82) is 0 Å². The van der Waals surface area contributed by atoms with Crippen LogP contribution in [0.3, 0.4) is 0 Å². The van der Waals surface area contributed by atoms with Gasteiger partial charge < -0.3 is 0 Å². The zero-order valence-corrected chi connectivity index (χ0v) is 13.8. The molecule has 0 heterocycles. The summed E-state index contributed by atoms with van der Waals surface area (Å²) in [4.78, 5) is 0. The van der Waals surface area contributed by atoms with Gasteiger partial charge in [0.25, 0.3) is 0 Å². The molecule has 0 saturated carbocycles. The lowest BCUT2D eigenvalue weighted by molar-refractivity contribution is -0.382. The number of hydrogen-bond donors (Lipinski definition) is 0. The first kappa shape index (κ1) is 24.3. The van der Waals surface area contributed by atoms with Crippen LogP contribution >= 0.6 is 0 Å². The van der Waals surface area contributed by atoms with Gasteiger partial charge in [-0.15, -0.1) is 0 Å². The van der Waals surface area contributed by atoms with Gasteiger partial charge in [-0.25, -0.2) is 0 Å². The fourth-order valence-electron chi connectivity index (χ4n) is 1.64. The molecule has 25 heavy (non-hydrogen) atoms. The van der Waals surface area contributed by atoms with Gasteiger partial charge in [-0.2, -0.15) is 47.9 Å². The fraction of sp³-hybridized carbons (Fsp3) is 1.00. The fourth-order valence-corrected chi connectivity index (χ4v) is 2.57. The zero-order valence-electron chi connectivity index (χ0n) is 13.0. The minimum atomic E-state index is -7.28. The molecule has 0 aliphatic carbocycles. The quantitative estimate of drug-likeness (QED) is 0.269. The molecule has 0 unspecified atom stereocenters. The molecule has 0 aromatic heterocycles. The molecule has 0 aliphatic rings. The van der Waals surface area contributed by atoms with E-state index in [9.17, 15) is 47.9 Å². The Hall–Kier alpha value is -0.720. The van der Waals surface area contributed by atoms with E-state index < -0.39 is 40.0 Å². The molecule has 0 aromatic rings. The van der Waals surface area contributed by atoms with Crippen molar-refractivity contribution >= 4 is 10.1 Å². The summed E-state index contributed by atoms with van der Waals surface area (Å²) in [6.45, 7) is 0.854. The Morgan fingerprint density at radius 3 is 1.60 bits per heavy atom. The summed E-state index contributed by atoms with van der Waals surface area (Å²) < 4.78 is 139. The normalized spacial score (nSPS) is 14.8. The summed E-state index contributed by atoms with van der Waals surface area (Å²) in [6, 6.07) is 0.